The van der Waals surface area contributed by atoms with E-state index in [1.54, 1.807) is 0 Å². The predicted molar refractivity (Wildman–Crippen MR) is 5.26 cm³/mol. The molecular weight excluding hydrogens is 310 g/mol. The monoisotopic (exact) mass is 312 g/mol. The standard InChI is InChI=1S/2La.H2O2/c;;1-2/h;;1-2H. The van der Waals surface area contributed by atoms with Crippen LogP contribution in [0.4, 0.5) is 0 Å². The maximum atomic E-state index is 6.00. The summed E-state index contributed by atoms with van der Waals surface area (Å²) in [6.07, 6.45) is 0. The van der Waals surface area contributed by atoms with Crippen molar-refractivity contribution in [3.8, 4) is 0 Å². The van der Waals surface area contributed by atoms with Crippen molar-refractivity contribution >= 4 is 0 Å². The van der Waals surface area contributed by atoms with Crippen LogP contribution in [0.3, 0.4) is 0 Å². The van der Waals surface area contributed by atoms with Gasteiger partial charge in [-0.3, -0.25) is 10.5 Å². The molecule has 0 amide bonds. The summed E-state index contributed by atoms with van der Waals surface area (Å²) in [5, 5.41) is 12.0. The summed E-state index contributed by atoms with van der Waals surface area (Å²) in [6, 6.07) is 0. The van der Waals surface area contributed by atoms with Crippen LogP contribution in [0.25, 0.3) is 0 Å². The molecule has 0 aliphatic heterocycles. The van der Waals surface area contributed by atoms with Gasteiger partial charge in [-0.25, -0.2) is 0 Å². The van der Waals surface area contributed by atoms with E-state index in [1.165, 1.54) is 0 Å². The molecule has 0 heterocycles. The van der Waals surface area contributed by atoms with E-state index in [0.717, 1.165) is 0 Å². The predicted octanol–water partition coefficient (Wildman–Crippen LogP) is 0.0174. The fourth-order valence-electron chi connectivity index (χ4n) is 0. The molecule has 0 rings (SSSR count). The van der Waals surface area contributed by atoms with Crippen molar-refractivity contribution in [1.29, 1.82) is 0 Å². The Bertz CT molecular complexity index is 4.00. The molecule has 0 atom stereocenters. The minimum atomic E-state index is 0. The smallest absolute Gasteiger partial charge is 0 e. The second kappa shape index (κ2) is 18.5. The Labute approximate surface area is 80.1 Å². The molecule has 0 fully saturated rings. The van der Waals surface area contributed by atoms with Crippen molar-refractivity contribution in [2.75, 3.05) is 0 Å². The van der Waals surface area contributed by atoms with Crippen LogP contribution in [0.15, 0.2) is 0 Å². The van der Waals surface area contributed by atoms with Gasteiger partial charge in [0.25, 0.3) is 0 Å². The Morgan fingerprint density at radius 2 is 0.750 bits per heavy atom. The van der Waals surface area contributed by atoms with Crippen LogP contribution >= 0.6 is 0 Å². The Morgan fingerprint density at radius 1 is 0.750 bits per heavy atom. The van der Waals surface area contributed by atoms with Crippen molar-refractivity contribution in [3.05, 3.63) is 0 Å². The van der Waals surface area contributed by atoms with Gasteiger partial charge >= 0.3 is 0 Å². The SMILES string of the molecule is OO.[La].[La]. The third-order valence-electron chi connectivity index (χ3n) is 0. The molecule has 0 aliphatic carbocycles. The summed E-state index contributed by atoms with van der Waals surface area (Å²) in [6.45, 7) is 0. The Hall–Kier alpha value is 2.31. The van der Waals surface area contributed by atoms with E-state index in [9.17, 15) is 0 Å². The van der Waals surface area contributed by atoms with Crippen LogP contribution in [-0.4, -0.2) is 10.5 Å². The summed E-state index contributed by atoms with van der Waals surface area (Å²) in [5.41, 5.74) is 0. The second-order valence-corrected chi connectivity index (χ2v) is 0. The van der Waals surface area contributed by atoms with Gasteiger partial charge in [-0.2, -0.15) is 0 Å². The van der Waals surface area contributed by atoms with Crippen molar-refractivity contribution in [1.82, 2.24) is 0 Å². The van der Waals surface area contributed by atoms with Crippen LogP contribution in [0.2, 0.25) is 0 Å². The first-order chi connectivity index (χ1) is 1.00. The number of hydrogen-bond donors (Lipinski definition) is 2. The molecule has 0 aromatic heterocycles. The Kier molecular flexibility index (Phi) is 75.1. The van der Waals surface area contributed by atoms with Crippen molar-refractivity contribution in [2.45, 2.75) is 0 Å². The topological polar surface area (TPSA) is 40.5 Å². The van der Waals surface area contributed by atoms with Gasteiger partial charge in [0.1, 0.15) is 0 Å². The fraction of sp³-hybridized carbons (Fsp3) is 0. The molecule has 4 heavy (non-hydrogen) atoms. The first-order valence-electron chi connectivity index (χ1n) is 0.200. The number of rotatable bonds is 0. The molecule has 2 N–H and O–H groups in total. The van der Waals surface area contributed by atoms with Crippen LogP contribution in [0.1, 0.15) is 0 Å². The molecule has 0 unspecified atom stereocenters. The van der Waals surface area contributed by atoms with Crippen LogP contribution in [0, 0.1) is 71.2 Å². The van der Waals surface area contributed by atoms with Gasteiger partial charge in [-0.15, -0.1) is 0 Å². The molecule has 0 bridgehead atoms. The van der Waals surface area contributed by atoms with Crippen molar-refractivity contribution < 1.29 is 81.7 Å². The van der Waals surface area contributed by atoms with Gasteiger partial charge in [0, 0.05) is 71.2 Å². The zero-order valence-electron chi connectivity index (χ0n) is 2.05. The minimum Gasteiger partial charge on any atom is -0.255 e. The molecule has 0 saturated carbocycles. The first kappa shape index (κ1) is 16.2. The molecule has 0 aromatic carbocycles. The molecule has 20 valence electrons. The van der Waals surface area contributed by atoms with E-state index < -0.39 is 0 Å². The van der Waals surface area contributed by atoms with Crippen LogP contribution < -0.4 is 0 Å². The van der Waals surface area contributed by atoms with Gasteiger partial charge < -0.3 is 0 Å². The summed E-state index contributed by atoms with van der Waals surface area (Å²) >= 11 is 0. The minimum absolute atomic E-state index is 0. The third-order valence-corrected chi connectivity index (χ3v) is 0. The molecular formula is H2La2O2. The van der Waals surface area contributed by atoms with E-state index in [-0.39, 0.29) is 71.2 Å². The molecule has 0 aromatic rings. The summed E-state index contributed by atoms with van der Waals surface area (Å²) in [7, 11) is 0. The van der Waals surface area contributed by atoms with Gasteiger partial charge in [0.2, 0.25) is 0 Å². The average Bonchev–Trinajstić information content (AvgIpc) is 1.00. The molecule has 2 radical (unpaired) electrons. The fourth-order valence-corrected chi connectivity index (χ4v) is 0. The second-order valence-electron chi connectivity index (χ2n) is 0. The molecule has 0 aliphatic rings. The van der Waals surface area contributed by atoms with Crippen molar-refractivity contribution in [2.24, 2.45) is 0 Å². The summed E-state index contributed by atoms with van der Waals surface area (Å²) in [5.74, 6) is 0. The van der Waals surface area contributed by atoms with E-state index in [2.05, 4.69) is 0 Å². The Morgan fingerprint density at radius 3 is 0.750 bits per heavy atom. The summed E-state index contributed by atoms with van der Waals surface area (Å²) < 4.78 is 0. The van der Waals surface area contributed by atoms with Crippen molar-refractivity contribution in [3.63, 3.8) is 0 Å². The average molecular weight is 312 g/mol. The summed E-state index contributed by atoms with van der Waals surface area (Å²) in [4.78, 5) is 0. The number of hydrogen-bond acceptors (Lipinski definition) is 2. The van der Waals surface area contributed by atoms with Gasteiger partial charge in [0.05, 0.1) is 0 Å². The normalized spacial score (nSPS) is 1.50. The van der Waals surface area contributed by atoms with Gasteiger partial charge in [-0.1, -0.05) is 0 Å². The molecule has 4 heteroatoms. The van der Waals surface area contributed by atoms with Gasteiger partial charge in [-0.05, 0) is 0 Å². The first-order valence-corrected chi connectivity index (χ1v) is 0.200. The van der Waals surface area contributed by atoms with E-state index >= 15 is 0 Å². The molecule has 0 spiro atoms. The van der Waals surface area contributed by atoms with E-state index in [1.807, 2.05) is 0 Å². The molecule has 0 saturated heterocycles. The third kappa shape index (κ3) is 8.85. The maximum Gasteiger partial charge on any atom is 0 e. The van der Waals surface area contributed by atoms with Crippen LogP contribution in [-0.2, 0) is 0 Å². The van der Waals surface area contributed by atoms with Crippen LogP contribution in [0.5, 0.6) is 0 Å². The molecule has 2 nitrogen and oxygen atoms in total. The zero-order valence-corrected chi connectivity index (χ0v) is 9.30. The van der Waals surface area contributed by atoms with Gasteiger partial charge in [0.15, 0.2) is 0 Å². The zero-order chi connectivity index (χ0) is 2.00. The van der Waals surface area contributed by atoms with E-state index in [4.69, 9.17) is 10.5 Å². The van der Waals surface area contributed by atoms with E-state index in [0.29, 0.717) is 0 Å². The largest absolute Gasteiger partial charge is 0.255 e. The quantitative estimate of drug-likeness (QED) is 0.489. The Balaban J connectivity index is -0.00000000500. The maximum absolute atomic E-state index is 6.00.